The van der Waals surface area contributed by atoms with Gasteiger partial charge in [0.15, 0.2) is 0 Å². The Hall–Kier alpha value is -1.68. The minimum absolute atomic E-state index is 0.163. The molecule has 1 heterocycles. The number of nitro benzene ring substituents is 1. The van der Waals surface area contributed by atoms with Crippen molar-refractivity contribution in [3.8, 4) is 0 Å². The van der Waals surface area contributed by atoms with Crippen molar-refractivity contribution in [2.75, 3.05) is 20.1 Å². The number of non-ortho nitro benzene ring substituents is 1. The molecule has 0 radical (unpaired) electrons. The fourth-order valence-electron chi connectivity index (χ4n) is 2.21. The minimum atomic E-state index is -0.349. The molecular formula is C13H16N2O2. The Balaban J connectivity index is 2.33. The van der Waals surface area contributed by atoms with Gasteiger partial charge in [0.1, 0.15) is 0 Å². The van der Waals surface area contributed by atoms with Crippen LogP contribution in [0.4, 0.5) is 5.69 Å². The Morgan fingerprint density at radius 1 is 1.41 bits per heavy atom. The van der Waals surface area contributed by atoms with E-state index < -0.39 is 0 Å². The maximum atomic E-state index is 10.7. The zero-order valence-electron chi connectivity index (χ0n) is 10.1. The van der Waals surface area contributed by atoms with Gasteiger partial charge < -0.3 is 4.90 Å². The first-order valence-corrected chi connectivity index (χ1v) is 5.71. The average molecular weight is 232 g/mol. The van der Waals surface area contributed by atoms with Crippen LogP contribution in [0.3, 0.4) is 0 Å². The molecule has 1 aromatic carbocycles. The molecular weight excluding hydrogens is 216 g/mol. The highest BCUT2D eigenvalue weighted by molar-refractivity contribution is 5.71. The van der Waals surface area contributed by atoms with E-state index in [1.54, 1.807) is 12.1 Å². The third-order valence-corrected chi connectivity index (χ3v) is 3.11. The number of likely N-dealkylation sites (N-methyl/N-ethyl adjacent to an activating group) is 1. The van der Waals surface area contributed by atoms with Crippen LogP contribution < -0.4 is 0 Å². The number of rotatable bonds is 2. The van der Waals surface area contributed by atoms with Crippen LogP contribution in [-0.4, -0.2) is 30.0 Å². The molecule has 17 heavy (non-hydrogen) atoms. The van der Waals surface area contributed by atoms with Gasteiger partial charge in [-0.3, -0.25) is 10.1 Å². The Bertz CT molecular complexity index is 480. The van der Waals surface area contributed by atoms with Crippen molar-refractivity contribution in [3.05, 3.63) is 45.5 Å². The predicted octanol–water partition coefficient (Wildman–Crippen LogP) is 2.62. The fourth-order valence-corrected chi connectivity index (χ4v) is 2.21. The molecule has 1 aliphatic rings. The molecule has 90 valence electrons. The Kier molecular flexibility index (Phi) is 3.24. The van der Waals surface area contributed by atoms with E-state index >= 15 is 0 Å². The predicted molar refractivity (Wildman–Crippen MR) is 67.9 cm³/mol. The molecule has 0 fully saturated rings. The first kappa shape index (κ1) is 11.8. The summed E-state index contributed by atoms with van der Waals surface area (Å²) in [7, 11) is 2.09. The zero-order chi connectivity index (χ0) is 12.4. The summed E-state index contributed by atoms with van der Waals surface area (Å²) in [5.41, 5.74) is 3.53. The van der Waals surface area contributed by atoms with Crippen molar-refractivity contribution in [1.82, 2.24) is 4.90 Å². The summed E-state index contributed by atoms with van der Waals surface area (Å²) in [6, 6.07) is 5.08. The van der Waals surface area contributed by atoms with Gasteiger partial charge in [-0.25, -0.2) is 0 Å². The molecule has 0 amide bonds. The van der Waals surface area contributed by atoms with Crippen LogP contribution in [0.5, 0.6) is 0 Å². The molecule has 0 bridgehead atoms. The van der Waals surface area contributed by atoms with E-state index in [-0.39, 0.29) is 10.6 Å². The summed E-state index contributed by atoms with van der Waals surface area (Å²) in [6.07, 6.45) is 3.27. The lowest BCUT2D eigenvalue weighted by atomic mass is 9.97. The molecule has 0 aliphatic carbocycles. The van der Waals surface area contributed by atoms with Crippen molar-refractivity contribution in [2.45, 2.75) is 13.3 Å². The Labute approximate surface area is 101 Å². The van der Waals surface area contributed by atoms with Gasteiger partial charge in [-0.15, -0.1) is 0 Å². The first-order chi connectivity index (χ1) is 8.08. The molecule has 1 aliphatic heterocycles. The largest absolute Gasteiger partial charge is 0.302 e. The molecule has 0 N–H and O–H groups in total. The van der Waals surface area contributed by atoms with Crippen molar-refractivity contribution in [1.29, 1.82) is 0 Å². The second kappa shape index (κ2) is 4.67. The number of nitro groups is 1. The summed E-state index contributed by atoms with van der Waals surface area (Å²) in [5, 5.41) is 10.7. The summed E-state index contributed by atoms with van der Waals surface area (Å²) >= 11 is 0. The molecule has 0 aromatic heterocycles. The van der Waals surface area contributed by atoms with E-state index in [0.29, 0.717) is 0 Å². The van der Waals surface area contributed by atoms with E-state index in [1.165, 1.54) is 5.57 Å². The van der Waals surface area contributed by atoms with Crippen LogP contribution in [-0.2, 0) is 0 Å². The quantitative estimate of drug-likeness (QED) is 0.581. The fraction of sp³-hybridized carbons (Fsp3) is 0.385. The Morgan fingerprint density at radius 3 is 2.76 bits per heavy atom. The minimum Gasteiger partial charge on any atom is -0.302 e. The van der Waals surface area contributed by atoms with Gasteiger partial charge >= 0.3 is 0 Å². The Morgan fingerprint density at radius 2 is 2.18 bits per heavy atom. The maximum absolute atomic E-state index is 10.7. The third kappa shape index (κ3) is 2.53. The van der Waals surface area contributed by atoms with Gasteiger partial charge in [0.05, 0.1) is 4.92 Å². The highest BCUT2D eigenvalue weighted by Crippen LogP contribution is 2.26. The number of nitrogens with zero attached hydrogens (tertiary/aromatic N) is 2. The van der Waals surface area contributed by atoms with Gasteiger partial charge in [-0.2, -0.15) is 0 Å². The topological polar surface area (TPSA) is 46.4 Å². The molecule has 2 rings (SSSR count). The lowest BCUT2D eigenvalue weighted by molar-refractivity contribution is -0.384. The number of hydrogen-bond donors (Lipinski definition) is 0. The van der Waals surface area contributed by atoms with Gasteiger partial charge in [0.2, 0.25) is 0 Å². The molecule has 0 saturated carbocycles. The summed E-state index contributed by atoms with van der Waals surface area (Å²) in [6.45, 7) is 3.92. The van der Waals surface area contributed by atoms with Crippen LogP contribution in [0, 0.1) is 17.0 Å². The third-order valence-electron chi connectivity index (χ3n) is 3.11. The summed E-state index contributed by atoms with van der Waals surface area (Å²) in [4.78, 5) is 12.6. The highest BCUT2D eigenvalue weighted by Gasteiger charge is 2.14. The van der Waals surface area contributed by atoms with Gasteiger partial charge in [-0.1, -0.05) is 6.08 Å². The van der Waals surface area contributed by atoms with Crippen LogP contribution in [0.1, 0.15) is 17.5 Å². The maximum Gasteiger partial charge on any atom is 0.269 e. The highest BCUT2D eigenvalue weighted by atomic mass is 16.6. The number of aryl methyl sites for hydroxylation is 1. The monoisotopic (exact) mass is 232 g/mol. The van der Waals surface area contributed by atoms with Crippen molar-refractivity contribution in [3.63, 3.8) is 0 Å². The van der Waals surface area contributed by atoms with Crippen molar-refractivity contribution in [2.24, 2.45) is 0 Å². The lowest BCUT2D eigenvalue weighted by Gasteiger charge is -2.23. The van der Waals surface area contributed by atoms with E-state index in [1.807, 2.05) is 13.0 Å². The van der Waals surface area contributed by atoms with Crippen LogP contribution >= 0.6 is 0 Å². The SMILES string of the molecule is Cc1cc([N+](=O)[O-])ccc1C1=CCCN(C)C1. The molecule has 0 spiro atoms. The van der Waals surface area contributed by atoms with E-state index in [2.05, 4.69) is 18.0 Å². The molecule has 4 nitrogen and oxygen atoms in total. The smallest absolute Gasteiger partial charge is 0.269 e. The number of hydrogen-bond acceptors (Lipinski definition) is 3. The van der Waals surface area contributed by atoms with Gasteiger partial charge in [-0.05, 0) is 43.2 Å². The zero-order valence-corrected chi connectivity index (χ0v) is 10.1. The number of benzene rings is 1. The van der Waals surface area contributed by atoms with Gasteiger partial charge in [0, 0.05) is 25.2 Å². The van der Waals surface area contributed by atoms with Crippen LogP contribution in [0.15, 0.2) is 24.3 Å². The molecule has 0 atom stereocenters. The second-order valence-electron chi connectivity index (χ2n) is 4.51. The summed E-state index contributed by atoms with van der Waals surface area (Å²) < 4.78 is 0. The van der Waals surface area contributed by atoms with E-state index in [9.17, 15) is 10.1 Å². The van der Waals surface area contributed by atoms with Crippen molar-refractivity contribution >= 4 is 11.3 Å². The normalized spacial score (nSPS) is 16.7. The van der Waals surface area contributed by atoms with E-state index in [0.717, 1.165) is 30.6 Å². The van der Waals surface area contributed by atoms with Crippen LogP contribution in [0.2, 0.25) is 0 Å². The molecule has 0 unspecified atom stereocenters. The molecule has 0 saturated heterocycles. The standard InChI is InChI=1S/C13H16N2O2/c1-10-8-12(15(16)17)5-6-13(10)11-4-3-7-14(2)9-11/h4-6,8H,3,7,9H2,1-2H3. The van der Waals surface area contributed by atoms with Gasteiger partial charge in [0.25, 0.3) is 5.69 Å². The summed E-state index contributed by atoms with van der Waals surface area (Å²) in [5.74, 6) is 0. The van der Waals surface area contributed by atoms with Crippen LogP contribution in [0.25, 0.3) is 5.57 Å². The lowest BCUT2D eigenvalue weighted by Crippen LogP contribution is -2.25. The molecule has 4 heteroatoms. The molecule has 1 aromatic rings. The average Bonchev–Trinajstić information content (AvgIpc) is 2.28. The van der Waals surface area contributed by atoms with E-state index in [4.69, 9.17) is 0 Å². The first-order valence-electron chi connectivity index (χ1n) is 5.71. The second-order valence-corrected chi connectivity index (χ2v) is 4.51. The van der Waals surface area contributed by atoms with Crippen molar-refractivity contribution < 1.29 is 4.92 Å².